The molecule has 4 aliphatic rings. The Balaban J connectivity index is 2.03. The maximum atomic E-state index is 11.5. The van der Waals surface area contributed by atoms with E-state index in [0.717, 1.165) is 25.2 Å². The van der Waals surface area contributed by atoms with E-state index in [0.29, 0.717) is 16.4 Å². The highest BCUT2D eigenvalue weighted by atomic mass is 16.1. The predicted molar refractivity (Wildman–Crippen MR) is 68.2 cm³/mol. The Kier molecular flexibility index (Phi) is 1.97. The SMILES string of the molecule is C=C(C(N)=O)C12CC3CC(C)(CC(C)(C3)C1)C2. The smallest absolute Gasteiger partial charge is 0.244 e. The van der Waals surface area contributed by atoms with Gasteiger partial charge in [0.25, 0.3) is 0 Å². The fourth-order valence-electron chi connectivity index (χ4n) is 6.05. The summed E-state index contributed by atoms with van der Waals surface area (Å²) in [5.74, 6) is 0.511. The van der Waals surface area contributed by atoms with Gasteiger partial charge in [0.2, 0.25) is 5.91 Å². The van der Waals surface area contributed by atoms with E-state index in [1.165, 1.54) is 19.3 Å². The molecule has 2 N–H and O–H groups in total. The van der Waals surface area contributed by atoms with Gasteiger partial charge in [-0.15, -0.1) is 0 Å². The highest BCUT2D eigenvalue weighted by molar-refractivity contribution is 5.92. The second kappa shape index (κ2) is 2.96. The molecule has 4 fully saturated rings. The molecule has 94 valence electrons. The van der Waals surface area contributed by atoms with Gasteiger partial charge in [-0.05, 0) is 55.3 Å². The third-order valence-electron chi connectivity index (χ3n) is 5.56. The van der Waals surface area contributed by atoms with E-state index >= 15 is 0 Å². The Labute approximate surface area is 104 Å². The third-order valence-corrected chi connectivity index (χ3v) is 5.56. The lowest BCUT2D eigenvalue weighted by atomic mass is 9.39. The summed E-state index contributed by atoms with van der Waals surface area (Å²) in [4.78, 5) is 11.5. The Morgan fingerprint density at radius 3 is 2.06 bits per heavy atom. The zero-order valence-corrected chi connectivity index (χ0v) is 11.0. The second-order valence-corrected chi connectivity index (χ2v) is 7.75. The Morgan fingerprint density at radius 1 is 1.12 bits per heavy atom. The number of hydrogen-bond acceptors (Lipinski definition) is 1. The summed E-state index contributed by atoms with van der Waals surface area (Å²) >= 11 is 0. The van der Waals surface area contributed by atoms with E-state index in [1.807, 2.05) is 0 Å². The van der Waals surface area contributed by atoms with Crippen molar-refractivity contribution in [1.29, 1.82) is 0 Å². The minimum absolute atomic E-state index is 0.0365. The molecule has 0 heterocycles. The van der Waals surface area contributed by atoms with Gasteiger partial charge in [-0.1, -0.05) is 20.4 Å². The minimum atomic E-state index is -0.279. The Morgan fingerprint density at radius 2 is 1.65 bits per heavy atom. The number of primary amides is 1. The highest BCUT2D eigenvalue weighted by Gasteiger charge is 2.61. The summed E-state index contributed by atoms with van der Waals surface area (Å²) in [7, 11) is 0. The molecule has 17 heavy (non-hydrogen) atoms. The van der Waals surface area contributed by atoms with E-state index in [2.05, 4.69) is 20.4 Å². The van der Waals surface area contributed by atoms with Gasteiger partial charge in [0.05, 0.1) is 0 Å². The average molecular weight is 233 g/mol. The number of carbonyl (C=O) groups is 1. The maximum absolute atomic E-state index is 11.5. The molecule has 4 rings (SSSR count). The van der Waals surface area contributed by atoms with E-state index in [1.54, 1.807) is 0 Å². The van der Waals surface area contributed by atoms with Crippen molar-refractivity contribution in [2.45, 2.75) is 52.4 Å². The van der Waals surface area contributed by atoms with Gasteiger partial charge < -0.3 is 5.73 Å². The van der Waals surface area contributed by atoms with Crippen LogP contribution in [0.25, 0.3) is 0 Å². The van der Waals surface area contributed by atoms with Crippen molar-refractivity contribution in [3.8, 4) is 0 Å². The topological polar surface area (TPSA) is 43.1 Å². The molecule has 2 unspecified atom stereocenters. The minimum Gasteiger partial charge on any atom is -0.366 e. The molecule has 0 aliphatic heterocycles. The Bertz CT molecular complexity index is 393. The van der Waals surface area contributed by atoms with Crippen LogP contribution in [0.3, 0.4) is 0 Å². The molecular formula is C15H23NO. The summed E-state index contributed by atoms with van der Waals surface area (Å²) in [5.41, 5.74) is 7.10. The fourth-order valence-corrected chi connectivity index (χ4v) is 6.05. The van der Waals surface area contributed by atoms with Gasteiger partial charge in [0, 0.05) is 11.0 Å². The fraction of sp³-hybridized carbons (Fsp3) is 0.800. The zero-order valence-electron chi connectivity index (χ0n) is 11.0. The predicted octanol–water partition coefficient (Wildman–Crippen LogP) is 3.02. The van der Waals surface area contributed by atoms with Crippen LogP contribution < -0.4 is 5.73 Å². The first-order valence-corrected chi connectivity index (χ1v) is 6.75. The van der Waals surface area contributed by atoms with Crippen molar-refractivity contribution in [1.82, 2.24) is 0 Å². The Hall–Kier alpha value is -0.790. The molecule has 2 atom stereocenters. The van der Waals surface area contributed by atoms with Gasteiger partial charge in [-0.25, -0.2) is 0 Å². The third kappa shape index (κ3) is 1.49. The van der Waals surface area contributed by atoms with Crippen molar-refractivity contribution in [2.24, 2.45) is 27.9 Å². The van der Waals surface area contributed by atoms with Crippen LogP contribution in [0.15, 0.2) is 12.2 Å². The monoisotopic (exact) mass is 233 g/mol. The molecule has 0 saturated heterocycles. The van der Waals surface area contributed by atoms with Gasteiger partial charge in [0.15, 0.2) is 0 Å². The summed E-state index contributed by atoms with van der Waals surface area (Å²) in [6, 6.07) is 0. The number of carbonyl (C=O) groups excluding carboxylic acids is 1. The zero-order chi connectivity index (χ0) is 12.5. The lowest BCUT2D eigenvalue weighted by Crippen LogP contribution is -2.56. The molecule has 1 amide bonds. The highest BCUT2D eigenvalue weighted by Crippen LogP contribution is 2.71. The molecule has 4 saturated carbocycles. The first kappa shape index (κ1) is 11.3. The molecule has 0 aromatic carbocycles. The van der Waals surface area contributed by atoms with Crippen LogP contribution in [-0.2, 0) is 4.79 Å². The quantitative estimate of drug-likeness (QED) is 0.732. The molecule has 4 aliphatic carbocycles. The molecule has 4 bridgehead atoms. The van der Waals surface area contributed by atoms with Gasteiger partial charge in [-0.3, -0.25) is 4.79 Å². The van der Waals surface area contributed by atoms with Gasteiger partial charge in [0.1, 0.15) is 0 Å². The lowest BCUT2D eigenvalue weighted by Gasteiger charge is -2.65. The maximum Gasteiger partial charge on any atom is 0.244 e. The first-order valence-electron chi connectivity index (χ1n) is 6.75. The molecule has 0 radical (unpaired) electrons. The summed E-state index contributed by atoms with van der Waals surface area (Å²) in [6.07, 6.45) is 7.43. The van der Waals surface area contributed by atoms with Crippen LogP contribution in [0.2, 0.25) is 0 Å². The van der Waals surface area contributed by atoms with Crippen molar-refractivity contribution < 1.29 is 4.79 Å². The molecule has 0 spiro atoms. The van der Waals surface area contributed by atoms with Gasteiger partial charge >= 0.3 is 0 Å². The van der Waals surface area contributed by atoms with E-state index in [9.17, 15) is 4.79 Å². The molecule has 0 aromatic rings. The number of rotatable bonds is 2. The number of hydrogen-bond donors (Lipinski definition) is 1. The molecular weight excluding hydrogens is 210 g/mol. The van der Waals surface area contributed by atoms with E-state index in [4.69, 9.17) is 5.73 Å². The summed E-state index contributed by atoms with van der Waals surface area (Å²) < 4.78 is 0. The largest absolute Gasteiger partial charge is 0.366 e. The standard InChI is InChI=1S/C15H23NO/c1-10(12(16)17)15-6-11-4-13(2,8-15)7-14(3,5-11)9-15/h11H,1,4-9H2,2-3H3,(H2,16,17). The lowest BCUT2D eigenvalue weighted by molar-refractivity contribution is -0.137. The van der Waals surface area contributed by atoms with Crippen molar-refractivity contribution in [3.05, 3.63) is 12.2 Å². The number of nitrogens with two attached hydrogens (primary N) is 1. The van der Waals surface area contributed by atoms with Crippen LogP contribution in [-0.4, -0.2) is 5.91 Å². The summed E-state index contributed by atoms with van der Waals surface area (Å²) in [6.45, 7) is 8.83. The van der Waals surface area contributed by atoms with Gasteiger partial charge in [-0.2, -0.15) is 0 Å². The average Bonchev–Trinajstić information content (AvgIpc) is 2.10. The number of amides is 1. The first-order chi connectivity index (χ1) is 7.76. The molecule has 0 aromatic heterocycles. The normalized spacial score (nSPS) is 51.5. The van der Waals surface area contributed by atoms with Crippen LogP contribution in [0.5, 0.6) is 0 Å². The van der Waals surface area contributed by atoms with Crippen molar-refractivity contribution in [3.63, 3.8) is 0 Å². The summed E-state index contributed by atoms with van der Waals surface area (Å²) in [5, 5.41) is 0. The van der Waals surface area contributed by atoms with E-state index in [-0.39, 0.29) is 11.3 Å². The van der Waals surface area contributed by atoms with Crippen molar-refractivity contribution >= 4 is 5.91 Å². The second-order valence-electron chi connectivity index (χ2n) is 7.75. The van der Waals surface area contributed by atoms with Crippen LogP contribution in [0, 0.1) is 22.2 Å². The van der Waals surface area contributed by atoms with Crippen LogP contribution in [0.1, 0.15) is 52.4 Å². The van der Waals surface area contributed by atoms with Crippen LogP contribution >= 0.6 is 0 Å². The van der Waals surface area contributed by atoms with Crippen molar-refractivity contribution in [2.75, 3.05) is 0 Å². The van der Waals surface area contributed by atoms with E-state index < -0.39 is 0 Å². The molecule has 2 heteroatoms. The van der Waals surface area contributed by atoms with Crippen LogP contribution in [0.4, 0.5) is 0 Å². The molecule has 2 nitrogen and oxygen atoms in total.